The second kappa shape index (κ2) is 2.51. The van der Waals surface area contributed by atoms with Crippen LogP contribution < -0.4 is 5.32 Å². The van der Waals surface area contributed by atoms with Crippen LogP contribution in [0, 0.1) is 0 Å². The van der Waals surface area contributed by atoms with Gasteiger partial charge in [-0.2, -0.15) is 0 Å². The Kier molecular flexibility index (Phi) is 1.66. The number of piperidine rings is 1. The first kappa shape index (κ1) is 6.62. The fourth-order valence-electron chi connectivity index (χ4n) is 2.20. The number of ether oxygens (including phenoxy) is 1. The molecule has 2 heteroatoms. The number of nitrogens with one attached hydrogen (secondary N) is 1. The Morgan fingerprint density at radius 1 is 1.20 bits per heavy atom. The molecule has 0 aromatic carbocycles. The van der Waals surface area contributed by atoms with E-state index >= 15 is 0 Å². The second-order valence-corrected chi connectivity index (χ2v) is 3.47. The number of fused-ring (bicyclic) bond motifs is 2. The predicted octanol–water partition coefficient (Wildman–Crippen LogP) is 0.916. The fourth-order valence-corrected chi connectivity index (χ4v) is 2.20. The van der Waals surface area contributed by atoms with Crippen LogP contribution in [0.4, 0.5) is 0 Å². The fraction of sp³-hybridized carbons (Fsp3) is 1.00. The third kappa shape index (κ3) is 1.06. The first-order valence-corrected chi connectivity index (χ1v) is 4.17. The van der Waals surface area contributed by atoms with E-state index in [4.69, 9.17) is 4.74 Å². The van der Waals surface area contributed by atoms with Gasteiger partial charge in [0.2, 0.25) is 0 Å². The van der Waals surface area contributed by atoms with E-state index in [1.165, 1.54) is 25.7 Å². The molecule has 10 heavy (non-hydrogen) atoms. The smallest absolute Gasteiger partial charge is 0.0601 e. The molecule has 0 aromatic rings. The first-order valence-electron chi connectivity index (χ1n) is 4.17. The highest BCUT2D eigenvalue weighted by Gasteiger charge is 2.33. The van der Waals surface area contributed by atoms with Gasteiger partial charge >= 0.3 is 0 Å². The van der Waals surface area contributed by atoms with E-state index in [9.17, 15) is 0 Å². The minimum atomic E-state index is 0.541. The van der Waals surface area contributed by atoms with E-state index in [0.717, 1.165) is 12.1 Å². The Hall–Kier alpha value is -0.0800. The highest BCUT2D eigenvalue weighted by atomic mass is 16.5. The van der Waals surface area contributed by atoms with Gasteiger partial charge in [-0.15, -0.1) is 0 Å². The molecule has 3 atom stereocenters. The summed E-state index contributed by atoms with van der Waals surface area (Å²) in [6.07, 6.45) is 5.73. The lowest BCUT2D eigenvalue weighted by Gasteiger charge is -2.27. The molecule has 2 aliphatic heterocycles. The molecule has 2 heterocycles. The zero-order chi connectivity index (χ0) is 6.97. The van der Waals surface area contributed by atoms with Crippen molar-refractivity contribution in [3.63, 3.8) is 0 Å². The van der Waals surface area contributed by atoms with E-state index in [1.54, 1.807) is 0 Å². The van der Waals surface area contributed by atoms with E-state index in [1.807, 2.05) is 7.11 Å². The van der Waals surface area contributed by atoms with Gasteiger partial charge in [-0.25, -0.2) is 0 Å². The summed E-state index contributed by atoms with van der Waals surface area (Å²) in [6, 6.07) is 1.53. The molecule has 0 aromatic heterocycles. The minimum Gasteiger partial charge on any atom is -0.381 e. The molecular formula is C8H15NO. The highest BCUT2D eigenvalue weighted by molar-refractivity contribution is 4.92. The van der Waals surface area contributed by atoms with Crippen LogP contribution >= 0.6 is 0 Å². The van der Waals surface area contributed by atoms with Crippen LogP contribution in [0.1, 0.15) is 25.7 Å². The van der Waals surface area contributed by atoms with Crippen LogP contribution in [-0.2, 0) is 4.74 Å². The summed E-state index contributed by atoms with van der Waals surface area (Å²) in [5.74, 6) is 0. The van der Waals surface area contributed by atoms with Gasteiger partial charge in [0.15, 0.2) is 0 Å². The number of hydrogen-bond donors (Lipinski definition) is 1. The van der Waals surface area contributed by atoms with Gasteiger partial charge in [0.1, 0.15) is 0 Å². The zero-order valence-electron chi connectivity index (χ0n) is 6.47. The lowest BCUT2D eigenvalue weighted by atomic mass is 10.0. The van der Waals surface area contributed by atoms with E-state index in [0.29, 0.717) is 6.10 Å². The van der Waals surface area contributed by atoms with Crippen molar-refractivity contribution < 1.29 is 4.74 Å². The Morgan fingerprint density at radius 3 is 2.30 bits per heavy atom. The third-order valence-electron chi connectivity index (χ3n) is 2.76. The van der Waals surface area contributed by atoms with Gasteiger partial charge in [-0.3, -0.25) is 0 Å². The monoisotopic (exact) mass is 141 g/mol. The highest BCUT2D eigenvalue weighted by Crippen LogP contribution is 2.27. The molecule has 2 unspecified atom stereocenters. The Balaban J connectivity index is 1.96. The Labute approximate surface area is 61.9 Å². The van der Waals surface area contributed by atoms with Gasteiger partial charge in [-0.05, 0) is 25.7 Å². The van der Waals surface area contributed by atoms with Crippen molar-refractivity contribution in [2.24, 2.45) is 0 Å². The molecular weight excluding hydrogens is 126 g/mol. The molecule has 58 valence electrons. The third-order valence-corrected chi connectivity index (χ3v) is 2.76. The van der Waals surface area contributed by atoms with Gasteiger partial charge in [0, 0.05) is 19.2 Å². The molecule has 2 saturated heterocycles. The molecule has 1 N–H and O–H groups in total. The molecule has 2 nitrogen and oxygen atoms in total. The molecule has 2 fully saturated rings. The van der Waals surface area contributed by atoms with Crippen LogP contribution in [0.5, 0.6) is 0 Å². The van der Waals surface area contributed by atoms with Crippen LogP contribution in [0.25, 0.3) is 0 Å². The number of rotatable bonds is 1. The molecule has 0 aliphatic carbocycles. The predicted molar refractivity (Wildman–Crippen MR) is 40.0 cm³/mol. The zero-order valence-corrected chi connectivity index (χ0v) is 6.47. The van der Waals surface area contributed by atoms with Crippen LogP contribution in [-0.4, -0.2) is 25.3 Å². The van der Waals surface area contributed by atoms with Crippen molar-refractivity contribution in [1.82, 2.24) is 5.32 Å². The summed E-state index contributed by atoms with van der Waals surface area (Å²) >= 11 is 0. The number of hydrogen-bond acceptors (Lipinski definition) is 2. The molecule has 2 rings (SSSR count). The minimum absolute atomic E-state index is 0.541. The molecule has 2 bridgehead atoms. The quantitative estimate of drug-likeness (QED) is 0.586. The standard InChI is InChI=1S/C8H15NO/c1-10-8-4-6-2-3-7(5-8)9-6/h6-9H,2-5H2,1H3/t6-,7?,8?/m1/s1. The van der Waals surface area contributed by atoms with Gasteiger partial charge in [-0.1, -0.05) is 0 Å². The second-order valence-electron chi connectivity index (χ2n) is 3.47. The SMILES string of the molecule is COC1CC2CC[C@H](C1)N2. The van der Waals surface area contributed by atoms with Crippen molar-refractivity contribution in [2.45, 2.75) is 43.9 Å². The van der Waals surface area contributed by atoms with Gasteiger partial charge < -0.3 is 10.1 Å². The lowest BCUT2D eigenvalue weighted by molar-refractivity contribution is 0.0601. The average molecular weight is 141 g/mol. The maximum atomic E-state index is 5.33. The summed E-state index contributed by atoms with van der Waals surface area (Å²) < 4.78 is 5.33. The topological polar surface area (TPSA) is 21.3 Å². The van der Waals surface area contributed by atoms with Crippen LogP contribution in [0.3, 0.4) is 0 Å². The van der Waals surface area contributed by atoms with E-state index in [-0.39, 0.29) is 0 Å². The molecule has 2 aliphatic rings. The van der Waals surface area contributed by atoms with E-state index < -0.39 is 0 Å². The van der Waals surface area contributed by atoms with Crippen molar-refractivity contribution in [3.05, 3.63) is 0 Å². The molecule has 0 radical (unpaired) electrons. The summed E-state index contributed by atoms with van der Waals surface area (Å²) in [7, 11) is 1.83. The number of methoxy groups -OCH3 is 1. The largest absolute Gasteiger partial charge is 0.381 e. The summed E-state index contributed by atoms with van der Waals surface area (Å²) in [6.45, 7) is 0. The van der Waals surface area contributed by atoms with E-state index in [2.05, 4.69) is 5.32 Å². The average Bonchev–Trinajstić information content (AvgIpc) is 2.30. The Bertz CT molecular complexity index is 114. The summed E-state index contributed by atoms with van der Waals surface area (Å²) in [5.41, 5.74) is 0. The van der Waals surface area contributed by atoms with Crippen LogP contribution in [0.2, 0.25) is 0 Å². The van der Waals surface area contributed by atoms with Crippen molar-refractivity contribution in [3.8, 4) is 0 Å². The molecule has 0 saturated carbocycles. The molecule has 0 amide bonds. The summed E-state index contributed by atoms with van der Waals surface area (Å²) in [5, 5.41) is 3.57. The van der Waals surface area contributed by atoms with Crippen molar-refractivity contribution in [1.29, 1.82) is 0 Å². The van der Waals surface area contributed by atoms with Gasteiger partial charge in [0.05, 0.1) is 6.10 Å². The van der Waals surface area contributed by atoms with Crippen molar-refractivity contribution in [2.75, 3.05) is 7.11 Å². The first-order chi connectivity index (χ1) is 4.88. The lowest BCUT2D eigenvalue weighted by Crippen LogP contribution is -2.40. The maximum absolute atomic E-state index is 5.33. The maximum Gasteiger partial charge on any atom is 0.0601 e. The molecule has 0 spiro atoms. The van der Waals surface area contributed by atoms with Crippen molar-refractivity contribution >= 4 is 0 Å². The van der Waals surface area contributed by atoms with Gasteiger partial charge in [0.25, 0.3) is 0 Å². The summed E-state index contributed by atoms with van der Waals surface area (Å²) in [4.78, 5) is 0. The Morgan fingerprint density at radius 2 is 1.80 bits per heavy atom. The van der Waals surface area contributed by atoms with Crippen LogP contribution in [0.15, 0.2) is 0 Å². The normalized spacial score (nSPS) is 45.9.